The quantitative estimate of drug-likeness (QED) is 0.647. The lowest BCUT2D eigenvalue weighted by Crippen LogP contribution is -2.06. The highest BCUT2D eigenvalue weighted by Crippen LogP contribution is 2.34. The number of benzene rings is 2. The van der Waals surface area contributed by atoms with Crippen molar-refractivity contribution in [3.05, 3.63) is 71.0 Å². The first-order valence-corrected chi connectivity index (χ1v) is 8.01. The van der Waals surface area contributed by atoms with Gasteiger partial charge in [-0.1, -0.05) is 42.5 Å². The first-order chi connectivity index (χ1) is 10.6. The number of hydrogen-bond acceptors (Lipinski definition) is 1. The fourth-order valence-electron chi connectivity index (χ4n) is 2.65. The lowest BCUT2D eigenvalue weighted by molar-refractivity contribution is 0.618. The van der Waals surface area contributed by atoms with Crippen molar-refractivity contribution in [2.24, 2.45) is 10.9 Å². The van der Waals surface area contributed by atoms with Crippen molar-refractivity contribution >= 4 is 5.71 Å². The Hall–Kier alpha value is -1.96. The van der Waals surface area contributed by atoms with Crippen LogP contribution in [0.15, 0.2) is 53.5 Å². The Balaban J connectivity index is 1.91. The van der Waals surface area contributed by atoms with Crippen molar-refractivity contribution < 1.29 is 4.39 Å². The monoisotopic (exact) mass is 295 g/mol. The topological polar surface area (TPSA) is 12.4 Å². The second-order valence-electron chi connectivity index (χ2n) is 6.27. The molecule has 1 nitrogen and oxygen atoms in total. The molecule has 0 spiro atoms. The Bertz CT molecular complexity index is 671. The fourth-order valence-corrected chi connectivity index (χ4v) is 2.65. The molecule has 0 radical (unpaired) electrons. The van der Waals surface area contributed by atoms with Gasteiger partial charge < -0.3 is 0 Å². The molecule has 2 heteroatoms. The van der Waals surface area contributed by atoms with E-state index in [9.17, 15) is 4.39 Å². The summed E-state index contributed by atoms with van der Waals surface area (Å²) in [5.41, 5.74) is 3.85. The summed E-state index contributed by atoms with van der Waals surface area (Å²) in [5, 5.41) is 0. The van der Waals surface area contributed by atoms with Crippen LogP contribution in [0.25, 0.3) is 0 Å². The summed E-state index contributed by atoms with van der Waals surface area (Å²) >= 11 is 0. The van der Waals surface area contributed by atoms with Gasteiger partial charge in [0, 0.05) is 5.71 Å². The third-order valence-corrected chi connectivity index (χ3v) is 4.32. The molecular formula is C20H22FN. The Morgan fingerprint density at radius 2 is 1.91 bits per heavy atom. The van der Waals surface area contributed by atoms with Crippen molar-refractivity contribution in [2.75, 3.05) is 0 Å². The molecule has 1 atom stereocenters. The number of halogens is 1. The molecule has 1 aliphatic rings. The average Bonchev–Trinajstić information content (AvgIpc) is 3.34. The third kappa shape index (κ3) is 3.62. The van der Waals surface area contributed by atoms with E-state index in [2.05, 4.69) is 19.1 Å². The average molecular weight is 295 g/mol. The van der Waals surface area contributed by atoms with Crippen LogP contribution >= 0.6 is 0 Å². The second-order valence-corrected chi connectivity index (χ2v) is 6.27. The summed E-state index contributed by atoms with van der Waals surface area (Å²) in [5.74, 6) is 0.583. The molecule has 0 N–H and O–H groups in total. The lowest BCUT2D eigenvalue weighted by atomic mass is 10.0. The number of aryl methyl sites for hydroxylation is 1. The van der Waals surface area contributed by atoms with Crippen molar-refractivity contribution in [1.29, 1.82) is 0 Å². The minimum atomic E-state index is -0.145. The summed E-state index contributed by atoms with van der Waals surface area (Å²) in [7, 11) is 0. The molecule has 1 fully saturated rings. The van der Waals surface area contributed by atoms with Gasteiger partial charge in [0.1, 0.15) is 5.82 Å². The van der Waals surface area contributed by atoms with Crippen molar-refractivity contribution in [2.45, 2.75) is 39.2 Å². The van der Waals surface area contributed by atoms with Gasteiger partial charge in [-0.3, -0.25) is 4.99 Å². The molecular weight excluding hydrogens is 273 g/mol. The van der Waals surface area contributed by atoms with Gasteiger partial charge in [0.15, 0.2) is 0 Å². The van der Waals surface area contributed by atoms with Gasteiger partial charge >= 0.3 is 0 Å². The van der Waals surface area contributed by atoms with Gasteiger partial charge in [0.05, 0.1) is 6.04 Å². The van der Waals surface area contributed by atoms with Gasteiger partial charge in [-0.2, -0.15) is 0 Å². The zero-order chi connectivity index (χ0) is 15.5. The Labute approximate surface area is 131 Å². The van der Waals surface area contributed by atoms with Crippen LogP contribution in [0.4, 0.5) is 4.39 Å². The summed E-state index contributed by atoms with van der Waals surface area (Å²) in [4.78, 5) is 4.92. The van der Waals surface area contributed by atoms with E-state index in [1.165, 1.54) is 18.4 Å². The highest BCUT2D eigenvalue weighted by atomic mass is 19.1. The molecule has 1 aliphatic carbocycles. The van der Waals surface area contributed by atoms with Crippen molar-refractivity contribution in [3.8, 4) is 0 Å². The lowest BCUT2D eigenvalue weighted by Gasteiger charge is -2.13. The van der Waals surface area contributed by atoms with Crippen LogP contribution < -0.4 is 0 Å². The summed E-state index contributed by atoms with van der Waals surface area (Å²) < 4.78 is 13.9. The van der Waals surface area contributed by atoms with Crippen LogP contribution in [0.5, 0.6) is 0 Å². The van der Waals surface area contributed by atoms with Crippen LogP contribution in [0, 0.1) is 18.7 Å². The van der Waals surface area contributed by atoms with Crippen LogP contribution in [0.2, 0.25) is 0 Å². The smallest absolute Gasteiger partial charge is 0.126 e. The Morgan fingerprint density at radius 1 is 1.18 bits per heavy atom. The highest BCUT2D eigenvalue weighted by Gasteiger charge is 2.24. The van der Waals surface area contributed by atoms with E-state index in [1.54, 1.807) is 13.0 Å². The first-order valence-electron chi connectivity index (χ1n) is 8.01. The summed E-state index contributed by atoms with van der Waals surface area (Å²) in [6, 6.07) is 15.9. The van der Waals surface area contributed by atoms with Crippen LogP contribution in [0.3, 0.4) is 0 Å². The predicted molar refractivity (Wildman–Crippen MR) is 89.9 cm³/mol. The molecule has 1 saturated carbocycles. The molecule has 3 rings (SSSR count). The Kier molecular flexibility index (Phi) is 4.37. The van der Waals surface area contributed by atoms with E-state index in [1.807, 2.05) is 30.3 Å². The molecule has 22 heavy (non-hydrogen) atoms. The van der Waals surface area contributed by atoms with E-state index in [-0.39, 0.29) is 11.9 Å². The molecule has 114 valence electrons. The van der Waals surface area contributed by atoms with E-state index >= 15 is 0 Å². The highest BCUT2D eigenvalue weighted by molar-refractivity contribution is 6.01. The molecule has 2 aromatic rings. The minimum Gasteiger partial charge on any atom is -0.281 e. The third-order valence-electron chi connectivity index (χ3n) is 4.32. The SMILES string of the molecule is Cc1ccc(C(CC2CC2)=N[C@@H](C)c2ccccc2)cc1F. The van der Waals surface area contributed by atoms with Crippen LogP contribution in [-0.2, 0) is 0 Å². The zero-order valence-corrected chi connectivity index (χ0v) is 13.2. The zero-order valence-electron chi connectivity index (χ0n) is 13.2. The largest absolute Gasteiger partial charge is 0.281 e. The van der Waals surface area contributed by atoms with E-state index in [0.717, 1.165) is 23.6 Å². The molecule has 0 saturated heterocycles. The van der Waals surface area contributed by atoms with E-state index < -0.39 is 0 Å². The first kappa shape index (κ1) is 15.0. The standard InChI is InChI=1S/C20H22FN/c1-14-8-11-18(13-19(14)21)20(12-16-9-10-16)22-15(2)17-6-4-3-5-7-17/h3-8,11,13,15-16H,9-10,12H2,1-2H3/t15-/m0/s1. The number of nitrogens with zero attached hydrogens (tertiary/aromatic N) is 1. The maximum Gasteiger partial charge on any atom is 0.126 e. The van der Waals surface area contributed by atoms with E-state index in [4.69, 9.17) is 4.99 Å². The molecule has 0 unspecified atom stereocenters. The molecule has 0 amide bonds. The number of hydrogen-bond donors (Lipinski definition) is 0. The van der Waals surface area contributed by atoms with Gasteiger partial charge in [0.25, 0.3) is 0 Å². The van der Waals surface area contributed by atoms with Crippen LogP contribution in [-0.4, -0.2) is 5.71 Å². The maximum absolute atomic E-state index is 13.9. The van der Waals surface area contributed by atoms with Crippen molar-refractivity contribution in [3.63, 3.8) is 0 Å². The number of rotatable bonds is 5. The fraction of sp³-hybridized carbons (Fsp3) is 0.350. The second kappa shape index (κ2) is 6.43. The van der Waals surface area contributed by atoms with Gasteiger partial charge in [-0.15, -0.1) is 0 Å². The van der Waals surface area contributed by atoms with Gasteiger partial charge in [-0.25, -0.2) is 4.39 Å². The summed E-state index contributed by atoms with van der Waals surface area (Å²) in [6.45, 7) is 3.90. The molecule has 2 aromatic carbocycles. The molecule has 0 aliphatic heterocycles. The normalized spacial score (nSPS) is 16.6. The molecule has 0 bridgehead atoms. The summed E-state index contributed by atoms with van der Waals surface area (Å²) in [6.07, 6.45) is 3.50. The van der Waals surface area contributed by atoms with Gasteiger partial charge in [-0.05, 0) is 61.8 Å². The molecule has 0 heterocycles. The van der Waals surface area contributed by atoms with Crippen LogP contribution in [0.1, 0.15) is 48.9 Å². The van der Waals surface area contributed by atoms with Crippen molar-refractivity contribution in [1.82, 2.24) is 0 Å². The number of aliphatic imine (C=N–C) groups is 1. The molecule has 0 aromatic heterocycles. The van der Waals surface area contributed by atoms with E-state index in [0.29, 0.717) is 5.56 Å². The van der Waals surface area contributed by atoms with Gasteiger partial charge in [0.2, 0.25) is 0 Å². The minimum absolute atomic E-state index is 0.0966. The maximum atomic E-state index is 13.9. The Morgan fingerprint density at radius 3 is 2.55 bits per heavy atom. The predicted octanol–water partition coefficient (Wildman–Crippen LogP) is 5.48.